The van der Waals surface area contributed by atoms with Gasteiger partial charge in [-0.25, -0.2) is 35.2 Å². The van der Waals surface area contributed by atoms with Crippen molar-refractivity contribution in [3.63, 3.8) is 0 Å². The predicted octanol–water partition coefficient (Wildman–Crippen LogP) is 5.94. The van der Waals surface area contributed by atoms with Crippen molar-refractivity contribution in [2.45, 2.75) is 31.3 Å². The maximum absolute atomic E-state index is 14.8. The summed E-state index contributed by atoms with van der Waals surface area (Å²) in [5.74, 6) is -14.9. The molecule has 4 aromatic carbocycles. The van der Waals surface area contributed by atoms with Gasteiger partial charge in [0.1, 0.15) is 0 Å². The number of nitrogens with zero attached hydrogens (tertiary/aromatic N) is 3. The van der Waals surface area contributed by atoms with E-state index in [9.17, 15) is 45.1 Å². The van der Waals surface area contributed by atoms with Crippen molar-refractivity contribution in [1.82, 2.24) is 4.31 Å². The summed E-state index contributed by atoms with van der Waals surface area (Å²) in [5, 5.41) is 18.4. The van der Waals surface area contributed by atoms with Gasteiger partial charge in [0.15, 0.2) is 28.2 Å². The molecule has 0 atom stereocenters. The lowest BCUT2D eigenvalue weighted by Crippen LogP contribution is -2.43. The van der Waals surface area contributed by atoms with Crippen LogP contribution >= 0.6 is 0 Å². The number of hydrogen-bond donors (Lipinski definition) is 1. The van der Waals surface area contributed by atoms with Gasteiger partial charge in [-0.05, 0) is 59.5 Å². The van der Waals surface area contributed by atoms with E-state index in [1.165, 1.54) is 60.7 Å². The quantitative estimate of drug-likeness (QED) is 0.121. The Morgan fingerprint density at radius 2 is 1.22 bits per heavy atom. The van der Waals surface area contributed by atoms with Crippen molar-refractivity contribution in [3.8, 4) is 6.07 Å². The Bertz CT molecular complexity index is 1900. The summed E-state index contributed by atoms with van der Waals surface area (Å²) in [6, 6.07) is 19.1. The van der Waals surface area contributed by atoms with Crippen LogP contribution in [-0.2, 0) is 34.3 Å². The number of sulfonamides is 1. The molecule has 1 amide bonds. The molecule has 1 N–H and O–H groups in total. The van der Waals surface area contributed by atoms with Crippen LogP contribution in [0.4, 0.5) is 27.6 Å². The summed E-state index contributed by atoms with van der Waals surface area (Å²) in [5.41, 5.74) is 1.83. The first-order valence-corrected chi connectivity index (χ1v) is 14.9. The van der Waals surface area contributed by atoms with E-state index in [0.717, 1.165) is 10.5 Å². The molecule has 4 rings (SSSR count). The van der Waals surface area contributed by atoms with Gasteiger partial charge >= 0.3 is 5.97 Å². The minimum absolute atomic E-state index is 0.0974. The van der Waals surface area contributed by atoms with Gasteiger partial charge in [0.05, 0.1) is 30.3 Å². The molecule has 238 valence electrons. The fourth-order valence-electron chi connectivity index (χ4n) is 4.46. The van der Waals surface area contributed by atoms with Crippen LogP contribution in [0.15, 0.2) is 77.7 Å². The van der Waals surface area contributed by atoms with E-state index in [1.807, 2.05) is 13.0 Å². The number of hydrogen-bond acceptors (Lipinski definition) is 5. The molecule has 0 aromatic heterocycles. The zero-order chi connectivity index (χ0) is 33.8. The number of carbonyl (C=O) groups excluding carboxylic acids is 1. The molecule has 0 saturated carbocycles. The molecule has 0 fully saturated rings. The Kier molecular flexibility index (Phi) is 10.2. The normalized spacial score (nSPS) is 11.3. The van der Waals surface area contributed by atoms with Crippen LogP contribution in [0, 0.1) is 40.4 Å². The van der Waals surface area contributed by atoms with Gasteiger partial charge in [0.2, 0.25) is 21.7 Å². The first-order valence-electron chi connectivity index (χ1n) is 13.5. The van der Waals surface area contributed by atoms with E-state index in [-0.39, 0.29) is 23.4 Å². The number of aryl methyl sites for hydroxylation is 1. The SMILES string of the molecule is CCc1ccc(CN(CC(=O)N(Cc2ccc(C#N)cc2)c2ccc(C(=O)O)cc2)S(=O)(=O)c2c(F)c(F)c(F)c(F)c2F)cc1. The third kappa shape index (κ3) is 7.06. The third-order valence-electron chi connectivity index (χ3n) is 7.02. The standard InChI is InChI=1S/C32H24F5N3O5S/c1-2-19-3-7-21(8-4-19)16-39(46(44,45)31-29(36)27(34)26(33)28(35)30(31)37)18-25(41)40(17-22-9-5-20(15-38)6-10-22)24-13-11-23(12-14-24)32(42)43/h3-14H,2,16-18H2,1H3,(H,42,43). The first kappa shape index (κ1) is 33.8. The number of carboxylic acid groups (broad SMARTS) is 1. The number of carbonyl (C=O) groups is 2. The van der Waals surface area contributed by atoms with E-state index < -0.39 is 69.0 Å². The van der Waals surface area contributed by atoms with Gasteiger partial charge < -0.3 is 10.0 Å². The molecular weight excluding hydrogens is 633 g/mol. The molecule has 0 unspecified atom stereocenters. The second-order valence-electron chi connectivity index (χ2n) is 9.98. The number of amides is 1. The minimum atomic E-state index is -5.57. The number of halogens is 5. The molecule has 0 spiro atoms. The Balaban J connectivity index is 1.81. The molecular formula is C32H24F5N3O5S. The fourth-order valence-corrected chi connectivity index (χ4v) is 5.95. The van der Waals surface area contributed by atoms with Crippen LogP contribution in [-0.4, -0.2) is 36.3 Å². The smallest absolute Gasteiger partial charge is 0.335 e. The second-order valence-corrected chi connectivity index (χ2v) is 11.9. The highest BCUT2D eigenvalue weighted by Gasteiger charge is 2.38. The molecule has 0 bridgehead atoms. The predicted molar refractivity (Wildman–Crippen MR) is 155 cm³/mol. The van der Waals surface area contributed by atoms with Crippen molar-refractivity contribution in [2.75, 3.05) is 11.4 Å². The van der Waals surface area contributed by atoms with E-state index in [4.69, 9.17) is 5.26 Å². The molecule has 46 heavy (non-hydrogen) atoms. The summed E-state index contributed by atoms with van der Waals surface area (Å²) >= 11 is 0. The number of nitriles is 1. The fraction of sp³-hybridized carbons (Fsp3) is 0.156. The molecule has 8 nitrogen and oxygen atoms in total. The number of anilines is 1. The Morgan fingerprint density at radius 3 is 1.72 bits per heavy atom. The van der Waals surface area contributed by atoms with Crippen LogP contribution in [0.5, 0.6) is 0 Å². The van der Waals surface area contributed by atoms with Gasteiger partial charge in [-0.15, -0.1) is 0 Å². The summed E-state index contributed by atoms with van der Waals surface area (Å²) in [4.78, 5) is 24.2. The van der Waals surface area contributed by atoms with Crippen molar-refractivity contribution in [2.24, 2.45) is 0 Å². The number of benzene rings is 4. The van der Waals surface area contributed by atoms with Crippen molar-refractivity contribution in [3.05, 3.63) is 130 Å². The Labute approximate surface area is 260 Å². The van der Waals surface area contributed by atoms with Crippen molar-refractivity contribution < 1.29 is 45.1 Å². The first-order chi connectivity index (χ1) is 21.8. The highest BCUT2D eigenvalue weighted by Crippen LogP contribution is 2.30. The molecule has 14 heteroatoms. The van der Waals surface area contributed by atoms with E-state index in [2.05, 4.69) is 0 Å². The number of carboxylic acids is 1. The van der Waals surface area contributed by atoms with Gasteiger partial charge in [0.25, 0.3) is 0 Å². The van der Waals surface area contributed by atoms with Gasteiger partial charge in [-0.1, -0.05) is 43.3 Å². The van der Waals surface area contributed by atoms with Gasteiger partial charge in [-0.3, -0.25) is 4.79 Å². The topological polar surface area (TPSA) is 119 Å². The zero-order valence-electron chi connectivity index (χ0n) is 24.0. The van der Waals surface area contributed by atoms with Crippen LogP contribution in [0.3, 0.4) is 0 Å². The summed E-state index contributed by atoms with van der Waals surface area (Å²) < 4.78 is 99.3. The molecule has 0 radical (unpaired) electrons. The summed E-state index contributed by atoms with van der Waals surface area (Å²) in [6.45, 7) is -0.202. The Hall–Kier alpha value is -5.13. The van der Waals surface area contributed by atoms with Crippen LogP contribution < -0.4 is 4.90 Å². The average molecular weight is 658 g/mol. The lowest BCUT2D eigenvalue weighted by Gasteiger charge is -2.28. The lowest BCUT2D eigenvalue weighted by atomic mass is 10.1. The van der Waals surface area contributed by atoms with E-state index >= 15 is 0 Å². The number of aromatic carboxylic acids is 1. The monoisotopic (exact) mass is 657 g/mol. The molecule has 0 aliphatic heterocycles. The molecule has 0 aliphatic carbocycles. The molecule has 0 aliphatic rings. The molecule has 4 aromatic rings. The average Bonchev–Trinajstić information content (AvgIpc) is 3.05. The van der Waals surface area contributed by atoms with E-state index in [1.54, 1.807) is 12.1 Å². The maximum Gasteiger partial charge on any atom is 0.335 e. The third-order valence-corrected chi connectivity index (χ3v) is 8.83. The largest absolute Gasteiger partial charge is 0.478 e. The van der Waals surface area contributed by atoms with Gasteiger partial charge in [0, 0.05) is 12.2 Å². The Morgan fingerprint density at radius 1 is 0.739 bits per heavy atom. The summed E-state index contributed by atoms with van der Waals surface area (Å²) in [6.07, 6.45) is 0.621. The summed E-state index contributed by atoms with van der Waals surface area (Å²) in [7, 11) is -5.57. The minimum Gasteiger partial charge on any atom is -0.478 e. The molecule has 0 heterocycles. The van der Waals surface area contributed by atoms with Crippen LogP contribution in [0.25, 0.3) is 0 Å². The number of rotatable bonds is 11. The van der Waals surface area contributed by atoms with E-state index in [0.29, 0.717) is 21.9 Å². The lowest BCUT2D eigenvalue weighted by molar-refractivity contribution is -0.119. The van der Waals surface area contributed by atoms with Crippen LogP contribution in [0.2, 0.25) is 0 Å². The highest BCUT2D eigenvalue weighted by molar-refractivity contribution is 7.89. The van der Waals surface area contributed by atoms with Gasteiger partial charge in [-0.2, -0.15) is 9.57 Å². The zero-order valence-corrected chi connectivity index (χ0v) is 24.8. The highest BCUT2D eigenvalue weighted by atomic mass is 32.2. The van der Waals surface area contributed by atoms with Crippen molar-refractivity contribution in [1.29, 1.82) is 5.26 Å². The second kappa shape index (κ2) is 13.9. The van der Waals surface area contributed by atoms with Crippen molar-refractivity contribution >= 4 is 27.6 Å². The van der Waals surface area contributed by atoms with Crippen LogP contribution in [0.1, 0.15) is 39.5 Å². The molecule has 0 saturated heterocycles. The maximum atomic E-state index is 14.8.